The lowest BCUT2D eigenvalue weighted by atomic mass is 10.2. The Morgan fingerprint density at radius 2 is 1.97 bits per heavy atom. The topological polar surface area (TPSA) is 115 Å². The number of nitrogens with one attached hydrogen (secondary N) is 1. The summed E-state index contributed by atoms with van der Waals surface area (Å²) in [4.78, 5) is 18.4. The van der Waals surface area contributed by atoms with Crippen LogP contribution in [0.25, 0.3) is 21.6 Å². The van der Waals surface area contributed by atoms with Gasteiger partial charge >= 0.3 is 6.18 Å². The second-order valence-corrected chi connectivity index (χ2v) is 8.59. The molecule has 0 aliphatic rings. The van der Waals surface area contributed by atoms with Gasteiger partial charge in [-0.3, -0.25) is 10.0 Å². The van der Waals surface area contributed by atoms with Gasteiger partial charge in [0, 0.05) is 10.1 Å². The number of amides is 1. The quantitative estimate of drug-likeness (QED) is 0.274. The zero-order valence-corrected chi connectivity index (χ0v) is 19.1. The van der Waals surface area contributed by atoms with Gasteiger partial charge in [-0.1, -0.05) is 11.6 Å². The molecule has 10 nitrogen and oxygen atoms in total. The highest BCUT2D eigenvalue weighted by molar-refractivity contribution is 7.17. The van der Waals surface area contributed by atoms with Crippen LogP contribution < -0.4 is 10.0 Å². The lowest BCUT2D eigenvalue weighted by molar-refractivity contribution is -0.903. The number of aromatic nitrogens is 7. The first-order chi connectivity index (χ1) is 16.6. The van der Waals surface area contributed by atoms with E-state index in [2.05, 4.69) is 25.6 Å². The number of nitrogens with zero attached hydrogens (tertiary/aromatic N) is 7. The lowest BCUT2D eigenvalue weighted by Gasteiger charge is -2.14. The number of halogens is 4. The van der Waals surface area contributed by atoms with Gasteiger partial charge in [0.05, 0.1) is 40.6 Å². The van der Waals surface area contributed by atoms with Crippen molar-refractivity contribution in [2.45, 2.75) is 13.1 Å². The highest BCUT2D eigenvalue weighted by Gasteiger charge is 2.41. The summed E-state index contributed by atoms with van der Waals surface area (Å²) in [7, 11) is 0. The van der Waals surface area contributed by atoms with Gasteiger partial charge in [0.25, 0.3) is 5.91 Å². The molecular weight excluding hydrogens is 509 g/mol. The second-order valence-electron chi connectivity index (χ2n) is 7.24. The van der Waals surface area contributed by atoms with Crippen LogP contribution in [-0.2, 0) is 6.18 Å². The summed E-state index contributed by atoms with van der Waals surface area (Å²) in [5.74, 6) is -0.874. The molecule has 0 spiro atoms. The number of hydrogen-bond donors (Lipinski definition) is 2. The number of fused-ring (bicyclic) bond motifs is 1. The molecule has 0 aliphatic carbocycles. The SMILES string of the molecule is Cc1nc(-n2nccn2)c(Cl)cc1NC(=O)c1cnn(-c2c[n+](O)cc3sccc23)c1C(F)(F)F. The fourth-order valence-corrected chi connectivity index (χ4v) is 4.52. The number of alkyl halides is 3. The third-order valence-electron chi connectivity index (χ3n) is 4.99. The highest BCUT2D eigenvalue weighted by atomic mass is 35.5. The van der Waals surface area contributed by atoms with Crippen LogP contribution in [0.2, 0.25) is 5.02 Å². The summed E-state index contributed by atoms with van der Waals surface area (Å²) in [6.45, 7) is 1.55. The van der Waals surface area contributed by atoms with Crippen LogP contribution in [-0.4, -0.2) is 40.9 Å². The van der Waals surface area contributed by atoms with Gasteiger partial charge in [-0.05, 0) is 24.4 Å². The van der Waals surface area contributed by atoms with Gasteiger partial charge in [-0.25, -0.2) is 9.67 Å². The van der Waals surface area contributed by atoms with Crippen molar-refractivity contribution in [1.29, 1.82) is 0 Å². The Hall–Kier alpha value is -4.04. The van der Waals surface area contributed by atoms with E-state index in [0.717, 1.165) is 12.4 Å². The van der Waals surface area contributed by atoms with Crippen LogP contribution in [0.1, 0.15) is 21.7 Å². The second kappa shape index (κ2) is 8.32. The molecule has 1 amide bonds. The molecule has 0 fully saturated rings. The fraction of sp³-hybridized carbons (Fsp3) is 0.100. The Morgan fingerprint density at radius 3 is 2.69 bits per heavy atom. The molecule has 5 aromatic rings. The van der Waals surface area contributed by atoms with E-state index in [1.165, 1.54) is 40.8 Å². The van der Waals surface area contributed by atoms with E-state index in [-0.39, 0.29) is 27.9 Å². The molecule has 0 unspecified atom stereocenters. The Labute approximate surface area is 202 Å². The fourth-order valence-electron chi connectivity index (χ4n) is 3.47. The maximum Gasteiger partial charge on any atom is 0.434 e. The van der Waals surface area contributed by atoms with Crippen LogP contribution in [0, 0.1) is 6.92 Å². The van der Waals surface area contributed by atoms with E-state index in [1.54, 1.807) is 18.4 Å². The van der Waals surface area contributed by atoms with Gasteiger partial charge in [0.15, 0.2) is 11.5 Å². The van der Waals surface area contributed by atoms with Crippen molar-refractivity contribution in [2.24, 2.45) is 0 Å². The predicted molar refractivity (Wildman–Crippen MR) is 118 cm³/mol. The molecule has 0 atom stereocenters. The van der Waals surface area contributed by atoms with Crippen LogP contribution >= 0.6 is 22.9 Å². The van der Waals surface area contributed by atoms with Gasteiger partial charge < -0.3 is 5.32 Å². The first kappa shape index (κ1) is 22.7. The smallest absolute Gasteiger partial charge is 0.320 e. The first-order valence-corrected chi connectivity index (χ1v) is 11.0. The van der Waals surface area contributed by atoms with E-state index in [0.29, 0.717) is 19.5 Å². The molecule has 5 heterocycles. The standard InChI is InChI=1S/C20H12ClF3N8O2S/c1-10-14(6-13(21)18(28-10)32-25-3-4-26-32)29-19(33)12-7-27-31(17(12)20(22,23)24)15-8-30(34)9-16-11(15)2-5-35-16/h2-9H,1H3,(H-,29,33,34)/p+1. The number of aryl methyl sites for hydroxylation is 1. The third-order valence-corrected chi connectivity index (χ3v) is 6.12. The molecule has 0 radical (unpaired) electrons. The van der Waals surface area contributed by atoms with Crippen molar-refractivity contribution in [1.82, 2.24) is 29.8 Å². The summed E-state index contributed by atoms with van der Waals surface area (Å²) < 4.78 is 44.2. The monoisotopic (exact) mass is 521 g/mol. The van der Waals surface area contributed by atoms with Crippen molar-refractivity contribution in [3.05, 3.63) is 70.5 Å². The minimum absolute atomic E-state index is 0.0467. The molecule has 0 saturated heterocycles. The molecule has 5 aromatic heterocycles. The van der Waals surface area contributed by atoms with Crippen molar-refractivity contribution in [2.75, 3.05) is 5.32 Å². The summed E-state index contributed by atoms with van der Waals surface area (Å²) >= 11 is 7.46. The first-order valence-electron chi connectivity index (χ1n) is 9.76. The van der Waals surface area contributed by atoms with Gasteiger partial charge in [0.2, 0.25) is 12.4 Å². The molecule has 0 bridgehead atoms. The number of pyridine rings is 2. The van der Waals surface area contributed by atoms with Gasteiger partial charge in [-0.15, -0.1) is 16.1 Å². The Bertz CT molecular complexity index is 1580. The maximum absolute atomic E-state index is 14.1. The molecule has 5 rings (SSSR count). The van der Waals surface area contributed by atoms with Crippen molar-refractivity contribution >= 4 is 44.6 Å². The average molecular weight is 522 g/mol. The molecule has 178 valence electrons. The van der Waals surface area contributed by atoms with Crippen LogP contribution in [0.15, 0.2) is 48.5 Å². The normalized spacial score (nSPS) is 11.8. The third kappa shape index (κ3) is 4.06. The van der Waals surface area contributed by atoms with Crippen molar-refractivity contribution < 1.29 is 27.9 Å². The minimum atomic E-state index is -4.94. The number of hydrogen-bond acceptors (Lipinski definition) is 7. The zero-order chi connectivity index (χ0) is 24.9. The number of carbonyl (C=O) groups excluding carboxylic acids is 1. The predicted octanol–water partition coefficient (Wildman–Crippen LogP) is 3.82. The van der Waals surface area contributed by atoms with E-state index >= 15 is 0 Å². The minimum Gasteiger partial charge on any atom is -0.320 e. The van der Waals surface area contributed by atoms with Crippen LogP contribution in [0.3, 0.4) is 0 Å². The van der Waals surface area contributed by atoms with E-state index in [4.69, 9.17) is 11.6 Å². The highest BCUT2D eigenvalue weighted by Crippen LogP contribution is 2.36. The molecule has 0 aliphatic heterocycles. The van der Waals surface area contributed by atoms with Gasteiger partial charge in [-0.2, -0.15) is 28.5 Å². The molecule has 0 saturated carbocycles. The summed E-state index contributed by atoms with van der Waals surface area (Å²) in [5.41, 5.74) is -1.69. The molecular formula is C20H13ClF3N8O2S+. The number of rotatable bonds is 4. The number of carbonyl (C=O) groups is 1. The van der Waals surface area contributed by atoms with Crippen LogP contribution in [0.4, 0.5) is 18.9 Å². The molecule has 15 heteroatoms. The number of anilines is 1. The van der Waals surface area contributed by atoms with E-state index in [1.807, 2.05) is 0 Å². The van der Waals surface area contributed by atoms with Crippen molar-refractivity contribution in [3.63, 3.8) is 0 Å². The largest absolute Gasteiger partial charge is 0.434 e. The average Bonchev–Trinajstić information content (AvgIpc) is 3.55. The maximum atomic E-state index is 14.1. The Kier molecular flexibility index (Phi) is 5.40. The molecule has 2 N–H and O–H groups in total. The van der Waals surface area contributed by atoms with Crippen molar-refractivity contribution in [3.8, 4) is 11.5 Å². The van der Waals surface area contributed by atoms with Gasteiger partial charge in [0.1, 0.15) is 10.4 Å². The zero-order valence-electron chi connectivity index (χ0n) is 17.5. The van der Waals surface area contributed by atoms with E-state index in [9.17, 15) is 23.2 Å². The molecule has 35 heavy (non-hydrogen) atoms. The van der Waals surface area contributed by atoms with E-state index < -0.39 is 23.3 Å². The Morgan fingerprint density at radius 1 is 1.23 bits per heavy atom. The lowest BCUT2D eigenvalue weighted by Crippen LogP contribution is -2.30. The number of thiophene rings is 1. The Balaban J connectivity index is 1.56. The molecule has 0 aromatic carbocycles. The summed E-state index contributed by atoms with van der Waals surface area (Å²) in [5, 5.41) is 26.2. The van der Waals surface area contributed by atoms with Crippen LogP contribution in [0.5, 0.6) is 0 Å². The summed E-state index contributed by atoms with van der Waals surface area (Å²) in [6.07, 6.45) is 1.16. The summed E-state index contributed by atoms with van der Waals surface area (Å²) in [6, 6.07) is 2.95.